The molecule has 3 aliphatic rings. The molecule has 3 aromatic rings. The summed E-state index contributed by atoms with van der Waals surface area (Å²) in [6.07, 6.45) is 3.76. The number of Topliss-reactive ketones (excluding diaryl/α,β-unsaturated/α-hetero) is 1. The van der Waals surface area contributed by atoms with Crippen molar-refractivity contribution in [3.05, 3.63) is 94.6 Å². The summed E-state index contributed by atoms with van der Waals surface area (Å²) in [5.41, 5.74) is 2.70. The Bertz CT molecular complexity index is 1470. The van der Waals surface area contributed by atoms with Crippen molar-refractivity contribution in [3.63, 3.8) is 0 Å². The van der Waals surface area contributed by atoms with Crippen LogP contribution in [0, 0.1) is 11.8 Å². The number of anilines is 1. The van der Waals surface area contributed by atoms with E-state index in [1.54, 1.807) is 42.5 Å². The number of imide groups is 1. The van der Waals surface area contributed by atoms with E-state index in [2.05, 4.69) is 0 Å². The molecule has 2 saturated heterocycles. The van der Waals surface area contributed by atoms with Crippen molar-refractivity contribution in [2.45, 2.75) is 12.1 Å². The van der Waals surface area contributed by atoms with Gasteiger partial charge in [0.2, 0.25) is 11.8 Å². The molecule has 0 bridgehead atoms. The van der Waals surface area contributed by atoms with Crippen LogP contribution in [0.1, 0.15) is 27.5 Å². The maximum Gasteiger partial charge on any atom is 0.240 e. The van der Waals surface area contributed by atoms with E-state index in [4.69, 9.17) is 21.1 Å². The van der Waals surface area contributed by atoms with Crippen molar-refractivity contribution in [1.82, 2.24) is 4.90 Å². The number of benzene rings is 3. The summed E-state index contributed by atoms with van der Waals surface area (Å²) < 4.78 is 10.7. The SMILES string of the molecule is COc1ccc(C(=O)[C@@H]2[C@@H]3C(=O)N(c4ccc(Cl)cc4)C(=O)[C@H]3[C@@H]3c4ccccc4C=CN23)cc1OC. The van der Waals surface area contributed by atoms with Gasteiger partial charge in [-0.05, 0) is 59.7 Å². The molecule has 4 atom stereocenters. The van der Waals surface area contributed by atoms with Gasteiger partial charge in [0, 0.05) is 16.8 Å². The number of hydrogen-bond donors (Lipinski definition) is 0. The van der Waals surface area contributed by atoms with Crippen LogP contribution in [0.15, 0.2) is 72.9 Å². The summed E-state index contributed by atoms with van der Waals surface area (Å²) >= 11 is 6.05. The van der Waals surface area contributed by atoms with E-state index in [1.165, 1.54) is 19.1 Å². The number of amides is 2. The largest absolute Gasteiger partial charge is 0.493 e. The lowest BCUT2D eigenvalue weighted by molar-refractivity contribution is -0.123. The number of ether oxygens (including phenoxy) is 2. The molecule has 0 N–H and O–H groups in total. The fourth-order valence-electron chi connectivity index (χ4n) is 5.86. The second-order valence-electron chi connectivity index (χ2n) is 9.26. The van der Waals surface area contributed by atoms with E-state index in [0.717, 1.165) is 11.1 Å². The first-order chi connectivity index (χ1) is 17.9. The number of nitrogens with zero attached hydrogens (tertiary/aromatic N) is 2. The first-order valence-corrected chi connectivity index (χ1v) is 12.3. The minimum Gasteiger partial charge on any atom is -0.493 e. The number of carbonyl (C=O) groups excluding carboxylic acids is 3. The van der Waals surface area contributed by atoms with Crippen LogP contribution in [-0.4, -0.2) is 42.8 Å². The van der Waals surface area contributed by atoms with Crippen molar-refractivity contribution in [2.75, 3.05) is 19.1 Å². The second kappa shape index (κ2) is 8.78. The fraction of sp³-hybridized carbons (Fsp3) is 0.207. The Balaban J connectivity index is 1.48. The second-order valence-corrected chi connectivity index (χ2v) is 9.69. The van der Waals surface area contributed by atoms with Gasteiger partial charge in [-0.1, -0.05) is 35.9 Å². The average molecular weight is 515 g/mol. The predicted molar refractivity (Wildman–Crippen MR) is 139 cm³/mol. The van der Waals surface area contributed by atoms with Gasteiger partial charge in [0.15, 0.2) is 17.3 Å². The molecule has 3 heterocycles. The van der Waals surface area contributed by atoms with E-state index in [-0.39, 0.29) is 11.7 Å². The van der Waals surface area contributed by atoms with E-state index >= 15 is 0 Å². The molecule has 0 saturated carbocycles. The topological polar surface area (TPSA) is 76.2 Å². The van der Waals surface area contributed by atoms with Gasteiger partial charge in [-0.25, -0.2) is 4.90 Å². The lowest BCUT2D eigenvalue weighted by Crippen LogP contribution is -2.44. The highest BCUT2D eigenvalue weighted by Crippen LogP contribution is 2.53. The van der Waals surface area contributed by atoms with Crippen molar-refractivity contribution in [2.24, 2.45) is 11.8 Å². The van der Waals surface area contributed by atoms with Crippen LogP contribution in [0.2, 0.25) is 5.02 Å². The Morgan fingerprint density at radius 1 is 0.865 bits per heavy atom. The zero-order valence-electron chi connectivity index (χ0n) is 20.1. The maximum absolute atomic E-state index is 14.1. The molecular formula is C29H23ClN2O5. The molecule has 186 valence electrons. The van der Waals surface area contributed by atoms with Gasteiger partial charge in [-0.3, -0.25) is 14.4 Å². The minimum absolute atomic E-state index is 0.262. The van der Waals surface area contributed by atoms with Gasteiger partial charge in [-0.15, -0.1) is 0 Å². The summed E-state index contributed by atoms with van der Waals surface area (Å²) in [6, 6.07) is 18.0. The molecule has 3 aliphatic heterocycles. The van der Waals surface area contributed by atoms with Crippen LogP contribution < -0.4 is 14.4 Å². The van der Waals surface area contributed by atoms with Crippen molar-refractivity contribution >= 4 is 41.0 Å². The average Bonchev–Trinajstić information content (AvgIpc) is 3.40. The Kier molecular flexibility index (Phi) is 5.53. The number of methoxy groups -OCH3 is 2. The van der Waals surface area contributed by atoms with Crippen LogP contribution in [-0.2, 0) is 9.59 Å². The van der Waals surface area contributed by atoms with Crippen LogP contribution in [0.3, 0.4) is 0 Å². The molecule has 2 fully saturated rings. The third kappa shape index (κ3) is 3.45. The zero-order chi connectivity index (χ0) is 25.8. The maximum atomic E-state index is 14.1. The van der Waals surface area contributed by atoms with Crippen LogP contribution >= 0.6 is 11.6 Å². The summed E-state index contributed by atoms with van der Waals surface area (Å²) in [5, 5.41) is 0.502. The summed E-state index contributed by atoms with van der Waals surface area (Å²) in [5.74, 6) is -1.64. The minimum atomic E-state index is -0.869. The molecular weight excluding hydrogens is 492 g/mol. The number of rotatable bonds is 5. The number of fused-ring (bicyclic) bond motifs is 5. The molecule has 2 amide bonds. The van der Waals surface area contributed by atoms with Gasteiger partial charge in [-0.2, -0.15) is 0 Å². The summed E-state index contributed by atoms with van der Waals surface area (Å²) in [7, 11) is 3.02. The molecule has 0 aromatic heterocycles. The van der Waals surface area contributed by atoms with Gasteiger partial charge in [0.05, 0.1) is 37.8 Å². The standard InChI is InChI=1S/C29H23ClN2O5/c1-36-21-12-7-17(15-22(21)37-2)27(33)26-24-23(25-20-6-4-3-5-16(20)13-14-31(25)26)28(34)32(29(24)35)19-10-8-18(30)9-11-19/h3-15,23-26H,1-2H3/t23-,24-,25+,26+/m1/s1. The first-order valence-electron chi connectivity index (χ1n) is 11.9. The third-order valence-corrected chi connectivity index (χ3v) is 7.74. The molecule has 0 spiro atoms. The number of halogens is 1. The number of hydrogen-bond acceptors (Lipinski definition) is 6. The normalized spacial score (nSPS) is 23.5. The van der Waals surface area contributed by atoms with Gasteiger partial charge in [0.1, 0.15) is 6.04 Å². The van der Waals surface area contributed by atoms with Crippen LogP contribution in [0.25, 0.3) is 6.08 Å². The molecule has 0 aliphatic carbocycles. The predicted octanol–water partition coefficient (Wildman–Crippen LogP) is 4.76. The highest BCUT2D eigenvalue weighted by molar-refractivity contribution is 6.31. The summed E-state index contributed by atoms with van der Waals surface area (Å²) in [4.78, 5) is 45.0. The molecule has 3 aromatic carbocycles. The molecule has 8 heteroatoms. The van der Waals surface area contributed by atoms with Crippen molar-refractivity contribution in [1.29, 1.82) is 0 Å². The Morgan fingerprint density at radius 2 is 1.57 bits per heavy atom. The molecule has 0 radical (unpaired) electrons. The van der Waals surface area contributed by atoms with Crippen LogP contribution in [0.5, 0.6) is 11.5 Å². The van der Waals surface area contributed by atoms with E-state index in [0.29, 0.717) is 27.8 Å². The zero-order valence-corrected chi connectivity index (χ0v) is 20.9. The van der Waals surface area contributed by atoms with Gasteiger partial charge < -0.3 is 14.4 Å². The van der Waals surface area contributed by atoms with E-state index < -0.39 is 29.8 Å². The van der Waals surface area contributed by atoms with Crippen LogP contribution in [0.4, 0.5) is 5.69 Å². The Morgan fingerprint density at radius 3 is 2.30 bits per heavy atom. The quantitative estimate of drug-likeness (QED) is 0.361. The van der Waals surface area contributed by atoms with E-state index in [9.17, 15) is 14.4 Å². The fourth-order valence-corrected chi connectivity index (χ4v) is 5.99. The highest BCUT2D eigenvalue weighted by Gasteiger charge is 2.64. The molecule has 37 heavy (non-hydrogen) atoms. The Hall–Kier alpha value is -4.10. The van der Waals surface area contributed by atoms with Crippen molar-refractivity contribution < 1.29 is 23.9 Å². The number of ketones is 1. The first kappa shape index (κ1) is 23.3. The molecule has 7 nitrogen and oxygen atoms in total. The van der Waals surface area contributed by atoms with Gasteiger partial charge in [0.25, 0.3) is 0 Å². The smallest absolute Gasteiger partial charge is 0.240 e. The molecule has 6 rings (SSSR count). The lowest BCUT2D eigenvalue weighted by atomic mass is 9.83. The monoisotopic (exact) mass is 514 g/mol. The third-order valence-electron chi connectivity index (χ3n) is 7.48. The number of carbonyl (C=O) groups is 3. The summed E-state index contributed by atoms with van der Waals surface area (Å²) in [6.45, 7) is 0. The Labute approximate surface area is 218 Å². The molecule has 0 unspecified atom stereocenters. The lowest BCUT2D eigenvalue weighted by Gasteiger charge is -2.35. The van der Waals surface area contributed by atoms with Gasteiger partial charge >= 0.3 is 0 Å². The van der Waals surface area contributed by atoms with Crippen molar-refractivity contribution in [3.8, 4) is 11.5 Å². The highest BCUT2D eigenvalue weighted by atomic mass is 35.5. The van der Waals surface area contributed by atoms with E-state index in [1.807, 2.05) is 41.4 Å².